The molecule has 0 aliphatic heterocycles. The van der Waals surface area contributed by atoms with Crippen LogP contribution in [-0.2, 0) is 11.3 Å². The summed E-state index contributed by atoms with van der Waals surface area (Å²) in [4.78, 5) is 4.02. The van der Waals surface area contributed by atoms with E-state index < -0.39 is 6.36 Å². The van der Waals surface area contributed by atoms with Crippen LogP contribution < -0.4 is 15.4 Å². The smallest absolute Gasteiger partial charge is 0.405 e. The molecule has 5 nitrogen and oxygen atoms in total. The predicted octanol–water partition coefficient (Wildman–Crippen LogP) is 3.68. The summed E-state index contributed by atoms with van der Waals surface area (Å²) in [6.07, 6.45) is -2.62. The van der Waals surface area contributed by atoms with Gasteiger partial charge in [0, 0.05) is 32.3 Å². The lowest BCUT2D eigenvalue weighted by atomic mass is 10.2. The number of hydrogen-bond donors (Lipinski definition) is 2. The normalized spacial score (nSPS) is 11.6. The number of benzene rings is 1. The van der Waals surface area contributed by atoms with Gasteiger partial charge in [-0.05, 0) is 12.5 Å². The first kappa shape index (κ1) is 23.8. The zero-order valence-electron chi connectivity index (χ0n) is 14.4. The molecule has 0 heterocycles. The standard InChI is InChI=1S/C16H24F3N3O2.HI/c1-3-4-10-23-11-9-21-15(20-2)22-12-13-7-5-6-8-14(13)24-16(17,18)19;/h5-8H,3-4,9-12H2,1-2H3,(H2,20,21,22);1H. The van der Waals surface area contributed by atoms with Crippen molar-refractivity contribution in [3.8, 4) is 5.75 Å². The van der Waals surface area contributed by atoms with Crippen molar-refractivity contribution < 1.29 is 22.6 Å². The van der Waals surface area contributed by atoms with Crippen molar-refractivity contribution >= 4 is 29.9 Å². The zero-order valence-corrected chi connectivity index (χ0v) is 16.7. The van der Waals surface area contributed by atoms with Crippen LogP contribution >= 0.6 is 24.0 Å². The van der Waals surface area contributed by atoms with Crippen LogP contribution in [0.4, 0.5) is 13.2 Å². The van der Waals surface area contributed by atoms with Crippen LogP contribution in [0.15, 0.2) is 29.3 Å². The first-order chi connectivity index (χ1) is 11.5. The van der Waals surface area contributed by atoms with Gasteiger partial charge in [-0.25, -0.2) is 0 Å². The van der Waals surface area contributed by atoms with Gasteiger partial charge in [0.1, 0.15) is 5.75 Å². The van der Waals surface area contributed by atoms with Crippen molar-refractivity contribution in [1.82, 2.24) is 10.6 Å². The van der Waals surface area contributed by atoms with Crippen molar-refractivity contribution in [3.05, 3.63) is 29.8 Å². The van der Waals surface area contributed by atoms with Crippen LogP contribution in [0.2, 0.25) is 0 Å². The molecule has 0 bridgehead atoms. The molecule has 0 saturated carbocycles. The van der Waals surface area contributed by atoms with E-state index in [0.717, 1.165) is 12.8 Å². The number of ether oxygens (including phenoxy) is 2. The van der Waals surface area contributed by atoms with Gasteiger partial charge in [0.15, 0.2) is 5.96 Å². The molecule has 0 amide bonds. The van der Waals surface area contributed by atoms with Crippen molar-refractivity contribution in [2.45, 2.75) is 32.7 Å². The molecule has 144 valence electrons. The zero-order chi connectivity index (χ0) is 17.8. The molecule has 0 fully saturated rings. The first-order valence-corrected chi connectivity index (χ1v) is 7.82. The summed E-state index contributed by atoms with van der Waals surface area (Å²) >= 11 is 0. The summed E-state index contributed by atoms with van der Waals surface area (Å²) in [7, 11) is 1.59. The molecule has 2 N–H and O–H groups in total. The Hall–Kier alpha value is -1.23. The van der Waals surface area contributed by atoms with E-state index in [4.69, 9.17) is 4.74 Å². The SMILES string of the molecule is CCCCOCCNC(=NC)NCc1ccccc1OC(F)(F)F.I. The average Bonchev–Trinajstić information content (AvgIpc) is 2.53. The van der Waals surface area contributed by atoms with Crippen molar-refractivity contribution in [1.29, 1.82) is 0 Å². The molecule has 0 radical (unpaired) electrons. The predicted molar refractivity (Wildman–Crippen MR) is 102 cm³/mol. The van der Waals surface area contributed by atoms with Crippen LogP contribution in [0.1, 0.15) is 25.3 Å². The second kappa shape index (κ2) is 13.0. The van der Waals surface area contributed by atoms with Gasteiger partial charge in [-0.15, -0.1) is 37.1 Å². The molecule has 0 aliphatic carbocycles. The Morgan fingerprint density at radius 3 is 2.52 bits per heavy atom. The summed E-state index contributed by atoms with van der Waals surface area (Å²) in [6.45, 7) is 4.06. The quantitative estimate of drug-likeness (QED) is 0.248. The van der Waals surface area contributed by atoms with E-state index in [2.05, 4.69) is 27.3 Å². The third kappa shape index (κ3) is 11.1. The van der Waals surface area contributed by atoms with Crippen LogP contribution in [0, 0.1) is 0 Å². The summed E-state index contributed by atoms with van der Waals surface area (Å²) in [5, 5.41) is 5.99. The van der Waals surface area contributed by atoms with Crippen molar-refractivity contribution in [2.24, 2.45) is 4.99 Å². The molecule has 0 atom stereocenters. The number of nitrogens with one attached hydrogen (secondary N) is 2. The van der Waals surface area contributed by atoms with Gasteiger partial charge in [0.2, 0.25) is 0 Å². The fourth-order valence-corrected chi connectivity index (χ4v) is 1.86. The number of nitrogens with zero attached hydrogens (tertiary/aromatic N) is 1. The summed E-state index contributed by atoms with van der Waals surface area (Å²) in [5.74, 6) is 0.256. The number of aliphatic imine (C=N–C) groups is 1. The lowest BCUT2D eigenvalue weighted by molar-refractivity contribution is -0.274. The van der Waals surface area contributed by atoms with Crippen LogP contribution in [0.25, 0.3) is 0 Å². The van der Waals surface area contributed by atoms with Gasteiger partial charge < -0.3 is 20.1 Å². The average molecular weight is 475 g/mol. The molecule has 1 rings (SSSR count). The number of guanidine groups is 1. The Morgan fingerprint density at radius 1 is 1.16 bits per heavy atom. The Labute approximate surface area is 163 Å². The van der Waals surface area contributed by atoms with Crippen LogP contribution in [0.3, 0.4) is 0 Å². The molecular weight excluding hydrogens is 450 g/mol. The Balaban J connectivity index is 0.00000576. The number of hydrogen-bond acceptors (Lipinski definition) is 3. The van der Waals surface area contributed by atoms with Crippen LogP contribution in [-0.4, -0.2) is 39.1 Å². The molecular formula is C16H25F3IN3O2. The minimum absolute atomic E-state index is 0. The number of alkyl halides is 3. The van der Waals surface area contributed by atoms with Gasteiger partial charge in [0.05, 0.1) is 6.61 Å². The Morgan fingerprint density at radius 2 is 1.88 bits per heavy atom. The minimum atomic E-state index is -4.72. The molecule has 25 heavy (non-hydrogen) atoms. The van der Waals surface area contributed by atoms with Gasteiger partial charge in [0.25, 0.3) is 0 Å². The monoisotopic (exact) mass is 475 g/mol. The summed E-state index contributed by atoms with van der Waals surface area (Å²) in [5.41, 5.74) is 0.386. The summed E-state index contributed by atoms with van der Waals surface area (Å²) < 4.78 is 46.6. The highest BCUT2D eigenvalue weighted by Crippen LogP contribution is 2.25. The lowest BCUT2D eigenvalue weighted by Crippen LogP contribution is -2.38. The van der Waals surface area contributed by atoms with Crippen molar-refractivity contribution in [3.63, 3.8) is 0 Å². The Bertz CT molecular complexity index is 514. The first-order valence-electron chi connectivity index (χ1n) is 7.82. The number of para-hydroxylation sites is 1. The highest BCUT2D eigenvalue weighted by molar-refractivity contribution is 14.0. The van der Waals surface area contributed by atoms with Gasteiger partial charge in [-0.3, -0.25) is 4.99 Å². The molecule has 1 aromatic carbocycles. The second-order valence-electron chi connectivity index (χ2n) is 4.97. The molecule has 0 unspecified atom stereocenters. The highest BCUT2D eigenvalue weighted by atomic mass is 127. The third-order valence-corrected chi connectivity index (χ3v) is 3.05. The fraction of sp³-hybridized carbons (Fsp3) is 0.562. The number of rotatable bonds is 9. The van der Waals surface area contributed by atoms with E-state index in [1.807, 2.05) is 0 Å². The van der Waals surface area contributed by atoms with Gasteiger partial charge >= 0.3 is 6.36 Å². The summed E-state index contributed by atoms with van der Waals surface area (Å²) in [6, 6.07) is 5.99. The number of unbranched alkanes of at least 4 members (excludes halogenated alkanes) is 1. The fourth-order valence-electron chi connectivity index (χ4n) is 1.86. The topological polar surface area (TPSA) is 54.9 Å². The van der Waals surface area contributed by atoms with E-state index in [9.17, 15) is 13.2 Å². The Kier molecular flexibility index (Phi) is 12.4. The molecule has 0 spiro atoms. The van der Waals surface area contributed by atoms with Crippen LogP contribution in [0.5, 0.6) is 5.75 Å². The third-order valence-electron chi connectivity index (χ3n) is 3.05. The van der Waals surface area contributed by atoms with Gasteiger partial charge in [-0.2, -0.15) is 0 Å². The molecule has 0 aromatic heterocycles. The maximum atomic E-state index is 12.4. The van der Waals surface area contributed by atoms with E-state index in [0.29, 0.717) is 31.3 Å². The maximum Gasteiger partial charge on any atom is 0.573 e. The number of halogens is 4. The van der Waals surface area contributed by atoms with E-state index in [-0.39, 0.29) is 36.3 Å². The van der Waals surface area contributed by atoms with Gasteiger partial charge in [-0.1, -0.05) is 31.5 Å². The lowest BCUT2D eigenvalue weighted by Gasteiger charge is -2.15. The van der Waals surface area contributed by atoms with E-state index in [1.165, 1.54) is 12.1 Å². The minimum Gasteiger partial charge on any atom is -0.405 e. The molecule has 9 heteroatoms. The second-order valence-corrected chi connectivity index (χ2v) is 4.97. The van der Waals surface area contributed by atoms with Crippen molar-refractivity contribution in [2.75, 3.05) is 26.8 Å². The maximum absolute atomic E-state index is 12.4. The molecule has 1 aromatic rings. The highest BCUT2D eigenvalue weighted by Gasteiger charge is 2.31. The van der Waals surface area contributed by atoms with E-state index in [1.54, 1.807) is 19.2 Å². The molecule has 0 saturated heterocycles. The molecule has 0 aliphatic rings. The largest absolute Gasteiger partial charge is 0.573 e. The van der Waals surface area contributed by atoms with E-state index >= 15 is 0 Å².